The summed E-state index contributed by atoms with van der Waals surface area (Å²) in [6.45, 7) is -0.133. The Morgan fingerprint density at radius 1 is 1.28 bits per heavy atom. The number of nitrogens with zero attached hydrogens (tertiary/aromatic N) is 2. The van der Waals surface area contributed by atoms with Gasteiger partial charge in [0.05, 0.1) is 24.6 Å². The molecule has 2 heterocycles. The van der Waals surface area contributed by atoms with Gasteiger partial charge in [0, 0.05) is 16.0 Å². The summed E-state index contributed by atoms with van der Waals surface area (Å²) in [6.07, 6.45) is 6.97. The SMILES string of the molecule is O=C(O)C[C@@H]1C(=O)N(c2nc(-c3ccccc3Cl)cs2)CC(F)CC[C@@H]1C1=CCCC=C1. The summed E-state index contributed by atoms with van der Waals surface area (Å²) in [5.74, 6) is -2.54. The molecule has 0 saturated carbocycles. The molecule has 1 aromatic heterocycles. The molecule has 1 aliphatic heterocycles. The number of thiazole rings is 1. The molecule has 1 saturated heterocycles. The summed E-state index contributed by atoms with van der Waals surface area (Å²) in [6, 6.07) is 7.25. The first-order chi connectivity index (χ1) is 15.4. The van der Waals surface area contributed by atoms with E-state index in [4.69, 9.17) is 11.6 Å². The molecule has 168 valence electrons. The lowest BCUT2D eigenvalue weighted by atomic mass is 9.77. The number of amides is 1. The third-order valence-electron chi connectivity index (χ3n) is 5.96. The van der Waals surface area contributed by atoms with Gasteiger partial charge < -0.3 is 5.11 Å². The summed E-state index contributed by atoms with van der Waals surface area (Å²) >= 11 is 7.52. The first-order valence-electron chi connectivity index (χ1n) is 10.7. The Bertz CT molecular complexity index is 1070. The molecule has 1 unspecified atom stereocenters. The Balaban J connectivity index is 1.69. The van der Waals surface area contributed by atoms with E-state index in [1.807, 2.05) is 36.4 Å². The molecule has 2 aliphatic rings. The van der Waals surface area contributed by atoms with Gasteiger partial charge in [0.25, 0.3) is 0 Å². The van der Waals surface area contributed by atoms with Crippen LogP contribution in [0.5, 0.6) is 0 Å². The van der Waals surface area contributed by atoms with Gasteiger partial charge >= 0.3 is 5.97 Å². The molecular weight excluding hydrogens is 451 g/mol. The molecule has 0 spiro atoms. The molecule has 1 N–H and O–H groups in total. The number of carbonyl (C=O) groups is 2. The maximum atomic E-state index is 14.9. The molecule has 2 aromatic rings. The highest BCUT2D eigenvalue weighted by Crippen LogP contribution is 2.38. The van der Waals surface area contributed by atoms with Crippen molar-refractivity contribution >= 4 is 39.9 Å². The molecule has 1 amide bonds. The molecule has 3 atom stereocenters. The van der Waals surface area contributed by atoms with Crippen LogP contribution in [0.25, 0.3) is 11.3 Å². The third kappa shape index (κ3) is 4.94. The van der Waals surface area contributed by atoms with Crippen molar-refractivity contribution in [2.75, 3.05) is 11.4 Å². The number of carboxylic acid groups (broad SMARTS) is 1. The van der Waals surface area contributed by atoms with Crippen LogP contribution in [0.1, 0.15) is 32.1 Å². The van der Waals surface area contributed by atoms with Crippen LogP contribution >= 0.6 is 22.9 Å². The topological polar surface area (TPSA) is 70.5 Å². The van der Waals surface area contributed by atoms with Gasteiger partial charge in [0.1, 0.15) is 6.17 Å². The second-order valence-electron chi connectivity index (χ2n) is 8.11. The number of aliphatic carboxylic acids is 1. The Morgan fingerprint density at radius 2 is 2.09 bits per heavy atom. The number of halogens is 2. The highest BCUT2D eigenvalue weighted by molar-refractivity contribution is 7.14. The summed E-state index contributed by atoms with van der Waals surface area (Å²) in [7, 11) is 0. The van der Waals surface area contributed by atoms with Crippen LogP contribution in [-0.4, -0.2) is 34.7 Å². The minimum absolute atomic E-state index is 0.133. The lowest BCUT2D eigenvalue weighted by molar-refractivity contribution is -0.141. The van der Waals surface area contributed by atoms with Crippen molar-refractivity contribution in [2.24, 2.45) is 11.8 Å². The average molecular weight is 475 g/mol. The van der Waals surface area contributed by atoms with E-state index in [0.717, 1.165) is 24.0 Å². The van der Waals surface area contributed by atoms with E-state index >= 15 is 0 Å². The van der Waals surface area contributed by atoms with E-state index in [1.54, 1.807) is 11.4 Å². The largest absolute Gasteiger partial charge is 0.481 e. The van der Waals surface area contributed by atoms with E-state index in [-0.39, 0.29) is 31.2 Å². The number of aromatic nitrogens is 1. The molecule has 32 heavy (non-hydrogen) atoms. The number of carbonyl (C=O) groups excluding carboxylic acids is 1. The van der Waals surface area contributed by atoms with Gasteiger partial charge in [-0.25, -0.2) is 9.37 Å². The maximum Gasteiger partial charge on any atom is 0.304 e. The zero-order chi connectivity index (χ0) is 22.7. The fraction of sp³-hybridized carbons (Fsp3) is 0.375. The van der Waals surface area contributed by atoms with E-state index in [0.29, 0.717) is 22.3 Å². The van der Waals surface area contributed by atoms with Crippen molar-refractivity contribution in [1.29, 1.82) is 0 Å². The van der Waals surface area contributed by atoms with E-state index in [2.05, 4.69) is 4.98 Å². The van der Waals surface area contributed by atoms with Crippen LogP contribution in [0.3, 0.4) is 0 Å². The molecule has 8 heteroatoms. The van der Waals surface area contributed by atoms with Crippen LogP contribution in [0.2, 0.25) is 5.02 Å². The number of benzene rings is 1. The Hall–Kier alpha value is -2.51. The summed E-state index contributed by atoms with van der Waals surface area (Å²) in [5, 5.41) is 12.2. The minimum Gasteiger partial charge on any atom is -0.481 e. The molecule has 1 fully saturated rings. The van der Waals surface area contributed by atoms with Gasteiger partial charge in [-0.2, -0.15) is 0 Å². The predicted molar refractivity (Wildman–Crippen MR) is 125 cm³/mol. The van der Waals surface area contributed by atoms with Crippen molar-refractivity contribution < 1.29 is 19.1 Å². The molecule has 0 bridgehead atoms. The Kier molecular flexibility index (Phi) is 7.06. The first kappa shape index (κ1) is 22.7. The molecule has 4 rings (SSSR count). The van der Waals surface area contributed by atoms with Crippen molar-refractivity contribution in [1.82, 2.24) is 4.98 Å². The van der Waals surface area contributed by atoms with Gasteiger partial charge in [-0.3, -0.25) is 14.5 Å². The van der Waals surface area contributed by atoms with Crippen LogP contribution in [0, 0.1) is 11.8 Å². The van der Waals surface area contributed by atoms with Gasteiger partial charge in [0.15, 0.2) is 5.13 Å². The molecule has 1 aliphatic carbocycles. The number of anilines is 1. The standard InChI is InChI=1S/C24H24ClFN2O3S/c25-20-9-5-4-8-18(20)21-14-32-24(27-21)28-13-16(26)10-11-17(15-6-2-1-3-7-15)19(23(28)31)12-22(29)30/h2,4-9,14,16-17,19H,1,3,10-13H2,(H,29,30)/t16?,17-,19+/m1/s1. The Labute approximate surface area is 195 Å². The van der Waals surface area contributed by atoms with E-state index in [9.17, 15) is 19.1 Å². The lowest BCUT2D eigenvalue weighted by Gasteiger charge is -2.35. The third-order valence-corrected chi connectivity index (χ3v) is 7.15. The van der Waals surface area contributed by atoms with Crippen LogP contribution in [0.15, 0.2) is 53.4 Å². The smallest absolute Gasteiger partial charge is 0.304 e. The monoisotopic (exact) mass is 474 g/mol. The van der Waals surface area contributed by atoms with Crippen LogP contribution < -0.4 is 4.90 Å². The number of hydrogen-bond acceptors (Lipinski definition) is 4. The summed E-state index contributed by atoms with van der Waals surface area (Å²) < 4.78 is 14.9. The van der Waals surface area contributed by atoms with Gasteiger partial charge in [-0.05, 0) is 43.2 Å². The van der Waals surface area contributed by atoms with Crippen molar-refractivity contribution in [3.8, 4) is 11.3 Å². The molecule has 0 radical (unpaired) electrons. The number of allylic oxidation sites excluding steroid dienone is 4. The van der Waals surface area contributed by atoms with E-state index < -0.39 is 18.1 Å². The van der Waals surface area contributed by atoms with Crippen LogP contribution in [0.4, 0.5) is 9.52 Å². The highest BCUT2D eigenvalue weighted by atomic mass is 35.5. The number of alkyl halides is 1. The Morgan fingerprint density at radius 3 is 2.81 bits per heavy atom. The number of hydrogen-bond donors (Lipinski definition) is 1. The number of rotatable bonds is 5. The molecular formula is C24H24ClFN2O3S. The second kappa shape index (κ2) is 9.96. The number of carboxylic acids is 1. The summed E-state index contributed by atoms with van der Waals surface area (Å²) in [4.78, 5) is 31.2. The fourth-order valence-corrected chi connectivity index (χ4v) is 5.46. The molecule has 1 aromatic carbocycles. The zero-order valence-corrected chi connectivity index (χ0v) is 19.0. The van der Waals surface area contributed by atoms with Gasteiger partial charge in [-0.1, -0.05) is 48.0 Å². The van der Waals surface area contributed by atoms with Crippen LogP contribution in [-0.2, 0) is 9.59 Å². The van der Waals surface area contributed by atoms with Crippen molar-refractivity contribution in [2.45, 2.75) is 38.3 Å². The normalized spacial score (nSPS) is 24.1. The fourth-order valence-electron chi connectivity index (χ4n) is 4.39. The van der Waals surface area contributed by atoms with E-state index in [1.165, 1.54) is 16.2 Å². The lowest BCUT2D eigenvalue weighted by Crippen LogP contribution is -2.45. The zero-order valence-electron chi connectivity index (χ0n) is 17.4. The van der Waals surface area contributed by atoms with Gasteiger partial charge in [-0.15, -0.1) is 11.3 Å². The van der Waals surface area contributed by atoms with Gasteiger partial charge in [0.2, 0.25) is 5.91 Å². The minimum atomic E-state index is -1.21. The van der Waals surface area contributed by atoms with Crippen molar-refractivity contribution in [3.63, 3.8) is 0 Å². The second-order valence-corrected chi connectivity index (χ2v) is 9.36. The predicted octanol–water partition coefficient (Wildman–Crippen LogP) is 5.91. The molecule has 5 nitrogen and oxygen atoms in total. The quantitative estimate of drug-likeness (QED) is 0.584. The average Bonchev–Trinajstić information content (AvgIpc) is 3.26. The summed E-state index contributed by atoms with van der Waals surface area (Å²) in [5.41, 5.74) is 2.26. The van der Waals surface area contributed by atoms with Crippen molar-refractivity contribution in [3.05, 3.63) is 58.5 Å². The maximum absolute atomic E-state index is 14.9. The highest BCUT2D eigenvalue weighted by Gasteiger charge is 2.39. The first-order valence-corrected chi connectivity index (χ1v) is 11.9.